The molecule has 0 aromatic carbocycles. The van der Waals surface area contributed by atoms with Crippen molar-refractivity contribution in [2.24, 2.45) is 5.41 Å². The number of aromatic nitrogens is 2. The Morgan fingerprint density at radius 1 is 1.37 bits per heavy atom. The molecule has 4 heteroatoms. The summed E-state index contributed by atoms with van der Waals surface area (Å²) in [5, 5.41) is 5.81. The van der Waals surface area contributed by atoms with Crippen LogP contribution in [0.4, 0.5) is 5.82 Å². The van der Waals surface area contributed by atoms with Gasteiger partial charge in [0.2, 0.25) is 0 Å². The topological polar surface area (TPSA) is 37.8 Å². The SMILES string of the molecule is Cc1csc2c(NC3CCCC(C)(C)C3)ncnc12. The molecule has 3 rings (SSSR count). The first kappa shape index (κ1) is 12.9. The summed E-state index contributed by atoms with van der Waals surface area (Å²) in [6, 6.07) is 0.546. The van der Waals surface area contributed by atoms with Crippen LogP contribution in [0.15, 0.2) is 11.7 Å². The molecule has 1 N–H and O–H groups in total. The molecule has 1 atom stereocenters. The molecule has 19 heavy (non-hydrogen) atoms. The van der Waals surface area contributed by atoms with Gasteiger partial charge in [0, 0.05) is 6.04 Å². The maximum Gasteiger partial charge on any atom is 0.147 e. The standard InChI is InChI=1S/C15H21N3S/c1-10-8-19-13-12(10)16-9-17-14(13)18-11-5-4-6-15(2,3)7-11/h8-9,11H,4-7H2,1-3H3,(H,16,17,18). The molecule has 1 unspecified atom stereocenters. The minimum absolute atomic E-state index is 0.452. The summed E-state index contributed by atoms with van der Waals surface area (Å²) in [4.78, 5) is 8.83. The van der Waals surface area contributed by atoms with Gasteiger partial charge in [-0.1, -0.05) is 20.3 Å². The van der Waals surface area contributed by atoms with Crippen molar-refractivity contribution in [3.8, 4) is 0 Å². The Kier molecular flexibility index (Phi) is 3.21. The Balaban J connectivity index is 1.85. The van der Waals surface area contributed by atoms with E-state index in [0.717, 1.165) is 11.3 Å². The summed E-state index contributed by atoms with van der Waals surface area (Å²) in [6.07, 6.45) is 6.80. The first-order valence-corrected chi connectivity index (χ1v) is 7.88. The molecule has 0 amide bonds. The zero-order chi connectivity index (χ0) is 13.5. The largest absolute Gasteiger partial charge is 0.366 e. The monoisotopic (exact) mass is 275 g/mol. The highest BCUT2D eigenvalue weighted by atomic mass is 32.1. The molecule has 2 aromatic rings. The third kappa shape index (κ3) is 2.59. The molecule has 3 nitrogen and oxygen atoms in total. The van der Waals surface area contributed by atoms with E-state index in [9.17, 15) is 0 Å². The van der Waals surface area contributed by atoms with Crippen molar-refractivity contribution in [2.45, 2.75) is 52.5 Å². The van der Waals surface area contributed by atoms with E-state index < -0.39 is 0 Å². The average Bonchev–Trinajstić information content (AvgIpc) is 2.71. The normalized spacial score (nSPS) is 22.6. The lowest BCUT2D eigenvalue weighted by Crippen LogP contribution is -2.32. The van der Waals surface area contributed by atoms with Crippen LogP contribution in [0.5, 0.6) is 0 Å². The third-order valence-electron chi connectivity index (χ3n) is 4.08. The molecule has 0 spiro atoms. The third-order valence-corrected chi connectivity index (χ3v) is 5.17. The lowest BCUT2D eigenvalue weighted by molar-refractivity contribution is 0.229. The molecule has 0 bridgehead atoms. The minimum Gasteiger partial charge on any atom is -0.366 e. The van der Waals surface area contributed by atoms with Crippen molar-refractivity contribution in [3.63, 3.8) is 0 Å². The minimum atomic E-state index is 0.452. The van der Waals surface area contributed by atoms with Gasteiger partial charge >= 0.3 is 0 Å². The van der Waals surface area contributed by atoms with E-state index in [1.54, 1.807) is 17.7 Å². The van der Waals surface area contributed by atoms with E-state index in [0.29, 0.717) is 11.5 Å². The van der Waals surface area contributed by atoms with Crippen LogP contribution in [0.2, 0.25) is 0 Å². The maximum atomic E-state index is 4.45. The van der Waals surface area contributed by atoms with Gasteiger partial charge in [-0.15, -0.1) is 11.3 Å². The van der Waals surface area contributed by atoms with Crippen molar-refractivity contribution in [1.29, 1.82) is 0 Å². The number of aryl methyl sites for hydroxylation is 1. The zero-order valence-electron chi connectivity index (χ0n) is 11.9. The number of hydrogen-bond donors (Lipinski definition) is 1. The van der Waals surface area contributed by atoms with Crippen LogP contribution in [0.1, 0.15) is 45.1 Å². The summed E-state index contributed by atoms with van der Waals surface area (Å²) in [5.41, 5.74) is 2.79. The fourth-order valence-electron chi connectivity index (χ4n) is 3.09. The van der Waals surface area contributed by atoms with Crippen LogP contribution in [-0.2, 0) is 0 Å². The van der Waals surface area contributed by atoms with Crippen molar-refractivity contribution in [1.82, 2.24) is 9.97 Å². The van der Waals surface area contributed by atoms with Crippen LogP contribution < -0.4 is 5.32 Å². The number of nitrogens with zero attached hydrogens (tertiary/aromatic N) is 2. The summed E-state index contributed by atoms with van der Waals surface area (Å²) in [5.74, 6) is 1.02. The van der Waals surface area contributed by atoms with Crippen LogP contribution in [0.25, 0.3) is 10.2 Å². The second-order valence-electron chi connectivity index (χ2n) is 6.42. The number of thiophene rings is 1. The van der Waals surface area contributed by atoms with E-state index in [2.05, 4.69) is 41.4 Å². The van der Waals surface area contributed by atoms with Gasteiger partial charge < -0.3 is 5.32 Å². The molecule has 0 radical (unpaired) electrons. The fourth-order valence-corrected chi connectivity index (χ4v) is 4.04. The number of fused-ring (bicyclic) bond motifs is 1. The van der Waals surface area contributed by atoms with Crippen LogP contribution in [0.3, 0.4) is 0 Å². The van der Waals surface area contributed by atoms with Crippen molar-refractivity contribution in [2.75, 3.05) is 5.32 Å². The van der Waals surface area contributed by atoms with Gasteiger partial charge in [0.1, 0.15) is 12.1 Å². The molecule has 1 aliphatic carbocycles. The zero-order valence-corrected chi connectivity index (χ0v) is 12.7. The number of rotatable bonds is 2. The summed E-state index contributed by atoms with van der Waals surface area (Å²) < 4.78 is 1.20. The summed E-state index contributed by atoms with van der Waals surface area (Å²) >= 11 is 1.74. The number of anilines is 1. The Hall–Kier alpha value is -1.16. The fraction of sp³-hybridized carbons (Fsp3) is 0.600. The highest BCUT2D eigenvalue weighted by Gasteiger charge is 2.28. The molecule has 1 aliphatic rings. The average molecular weight is 275 g/mol. The Morgan fingerprint density at radius 3 is 3.00 bits per heavy atom. The van der Waals surface area contributed by atoms with E-state index in [-0.39, 0.29) is 0 Å². The molecule has 0 saturated heterocycles. The first-order valence-electron chi connectivity index (χ1n) is 7.00. The number of hydrogen-bond acceptors (Lipinski definition) is 4. The van der Waals surface area contributed by atoms with Gasteiger partial charge in [0.25, 0.3) is 0 Å². The van der Waals surface area contributed by atoms with E-state index in [4.69, 9.17) is 0 Å². The predicted molar refractivity (Wildman–Crippen MR) is 81.8 cm³/mol. The van der Waals surface area contributed by atoms with Gasteiger partial charge in [-0.25, -0.2) is 9.97 Å². The van der Waals surface area contributed by atoms with E-state index >= 15 is 0 Å². The molecule has 1 fully saturated rings. The van der Waals surface area contributed by atoms with Crippen LogP contribution in [0, 0.1) is 12.3 Å². The second kappa shape index (κ2) is 4.75. The van der Waals surface area contributed by atoms with E-state index in [1.807, 2.05) is 0 Å². The molecule has 1 saturated carbocycles. The summed E-state index contributed by atoms with van der Waals surface area (Å²) in [7, 11) is 0. The Bertz CT molecular complexity index is 588. The molecular formula is C15H21N3S. The Morgan fingerprint density at radius 2 is 2.21 bits per heavy atom. The van der Waals surface area contributed by atoms with Gasteiger partial charge in [-0.3, -0.25) is 0 Å². The molecule has 2 aromatic heterocycles. The molecule has 0 aliphatic heterocycles. The van der Waals surface area contributed by atoms with Crippen LogP contribution in [-0.4, -0.2) is 16.0 Å². The predicted octanol–water partition coefficient (Wildman–Crippen LogP) is 4.38. The highest BCUT2D eigenvalue weighted by molar-refractivity contribution is 7.18. The van der Waals surface area contributed by atoms with Gasteiger partial charge in [-0.05, 0) is 42.5 Å². The lowest BCUT2D eigenvalue weighted by atomic mass is 9.75. The van der Waals surface area contributed by atoms with Crippen molar-refractivity contribution < 1.29 is 0 Å². The Labute approximate surface area is 118 Å². The lowest BCUT2D eigenvalue weighted by Gasteiger charge is -2.35. The van der Waals surface area contributed by atoms with Gasteiger partial charge in [-0.2, -0.15) is 0 Å². The second-order valence-corrected chi connectivity index (χ2v) is 7.30. The molecular weight excluding hydrogens is 254 g/mol. The van der Waals surface area contributed by atoms with Crippen LogP contribution >= 0.6 is 11.3 Å². The van der Waals surface area contributed by atoms with Gasteiger partial charge in [0.15, 0.2) is 0 Å². The van der Waals surface area contributed by atoms with Crippen molar-refractivity contribution >= 4 is 27.4 Å². The number of nitrogens with one attached hydrogen (secondary N) is 1. The summed E-state index contributed by atoms with van der Waals surface area (Å²) in [6.45, 7) is 6.84. The highest BCUT2D eigenvalue weighted by Crippen LogP contribution is 2.37. The molecule has 2 heterocycles. The quantitative estimate of drug-likeness (QED) is 0.883. The van der Waals surface area contributed by atoms with Gasteiger partial charge in [0.05, 0.1) is 10.2 Å². The molecule has 102 valence electrons. The van der Waals surface area contributed by atoms with E-state index in [1.165, 1.54) is 35.9 Å². The smallest absolute Gasteiger partial charge is 0.147 e. The first-order chi connectivity index (χ1) is 9.05. The van der Waals surface area contributed by atoms with Crippen molar-refractivity contribution in [3.05, 3.63) is 17.3 Å². The maximum absolute atomic E-state index is 4.45.